The quantitative estimate of drug-likeness (QED) is 0.887. The monoisotopic (exact) mass is 237 g/mol. The first-order valence-corrected chi connectivity index (χ1v) is 5.35. The highest BCUT2D eigenvalue weighted by molar-refractivity contribution is 5.19. The molecule has 90 valence electrons. The SMILES string of the molecule is NC(Cc1ccoc1)Cc1cc(F)cc(F)c1. The van der Waals surface area contributed by atoms with E-state index in [1.807, 2.05) is 6.07 Å². The van der Waals surface area contributed by atoms with E-state index in [0.717, 1.165) is 11.6 Å². The molecule has 1 aromatic carbocycles. The highest BCUT2D eigenvalue weighted by Gasteiger charge is 2.08. The molecule has 2 aromatic rings. The van der Waals surface area contributed by atoms with Gasteiger partial charge in [0.25, 0.3) is 0 Å². The minimum absolute atomic E-state index is 0.186. The Hall–Kier alpha value is -1.68. The van der Waals surface area contributed by atoms with Crippen LogP contribution < -0.4 is 5.73 Å². The van der Waals surface area contributed by atoms with Gasteiger partial charge in [-0.25, -0.2) is 8.78 Å². The zero-order chi connectivity index (χ0) is 12.3. The number of benzene rings is 1. The second-order valence-corrected chi connectivity index (χ2v) is 4.08. The van der Waals surface area contributed by atoms with Gasteiger partial charge in [-0.05, 0) is 42.2 Å². The predicted molar refractivity (Wildman–Crippen MR) is 60.4 cm³/mol. The minimum atomic E-state index is -0.574. The van der Waals surface area contributed by atoms with Crippen molar-refractivity contribution in [3.63, 3.8) is 0 Å². The minimum Gasteiger partial charge on any atom is -0.472 e. The van der Waals surface area contributed by atoms with E-state index < -0.39 is 11.6 Å². The first-order valence-electron chi connectivity index (χ1n) is 5.35. The van der Waals surface area contributed by atoms with Crippen LogP contribution in [0.3, 0.4) is 0 Å². The van der Waals surface area contributed by atoms with Crippen LogP contribution >= 0.6 is 0 Å². The predicted octanol–water partition coefficient (Wildman–Crippen LogP) is 2.67. The molecular formula is C13H13F2NO. The first-order chi connectivity index (χ1) is 8.13. The average molecular weight is 237 g/mol. The van der Waals surface area contributed by atoms with E-state index in [1.54, 1.807) is 12.5 Å². The maximum Gasteiger partial charge on any atom is 0.126 e. The molecule has 0 bridgehead atoms. The molecule has 1 heterocycles. The zero-order valence-electron chi connectivity index (χ0n) is 9.20. The standard InChI is InChI=1S/C13H13F2NO/c14-11-3-10(4-12(15)7-11)6-13(16)5-9-1-2-17-8-9/h1-4,7-8,13H,5-6,16H2. The van der Waals surface area contributed by atoms with Crippen LogP contribution in [0.5, 0.6) is 0 Å². The number of hydrogen-bond acceptors (Lipinski definition) is 2. The van der Waals surface area contributed by atoms with Gasteiger partial charge in [0.05, 0.1) is 12.5 Å². The highest BCUT2D eigenvalue weighted by Crippen LogP contribution is 2.12. The molecule has 0 aliphatic rings. The van der Waals surface area contributed by atoms with Crippen LogP contribution in [0.25, 0.3) is 0 Å². The first kappa shape index (κ1) is 11.8. The Labute approximate surface area is 98.0 Å². The molecule has 0 aliphatic heterocycles. The summed E-state index contributed by atoms with van der Waals surface area (Å²) in [5.74, 6) is -1.15. The summed E-state index contributed by atoms with van der Waals surface area (Å²) in [6.07, 6.45) is 4.24. The number of nitrogens with two attached hydrogens (primary N) is 1. The van der Waals surface area contributed by atoms with Crippen molar-refractivity contribution < 1.29 is 13.2 Å². The van der Waals surface area contributed by atoms with E-state index in [0.29, 0.717) is 18.4 Å². The Morgan fingerprint density at radius 2 is 1.71 bits per heavy atom. The molecule has 0 aliphatic carbocycles. The van der Waals surface area contributed by atoms with Crippen molar-refractivity contribution >= 4 is 0 Å². The van der Waals surface area contributed by atoms with Crippen molar-refractivity contribution in [3.05, 3.63) is 59.6 Å². The van der Waals surface area contributed by atoms with Crippen molar-refractivity contribution in [1.29, 1.82) is 0 Å². The molecule has 4 heteroatoms. The largest absolute Gasteiger partial charge is 0.472 e. The summed E-state index contributed by atoms with van der Waals surface area (Å²) in [7, 11) is 0. The fraction of sp³-hybridized carbons (Fsp3) is 0.231. The molecule has 2 rings (SSSR count). The van der Waals surface area contributed by atoms with Crippen molar-refractivity contribution in [2.75, 3.05) is 0 Å². The fourth-order valence-corrected chi connectivity index (χ4v) is 1.82. The smallest absolute Gasteiger partial charge is 0.126 e. The molecule has 0 saturated heterocycles. The Balaban J connectivity index is 2.00. The van der Waals surface area contributed by atoms with Crippen LogP contribution in [0.4, 0.5) is 8.78 Å². The summed E-state index contributed by atoms with van der Waals surface area (Å²) in [4.78, 5) is 0. The third-order valence-electron chi connectivity index (χ3n) is 2.50. The third-order valence-corrected chi connectivity index (χ3v) is 2.50. The van der Waals surface area contributed by atoms with Crippen molar-refractivity contribution in [2.45, 2.75) is 18.9 Å². The van der Waals surface area contributed by atoms with Crippen LogP contribution in [-0.4, -0.2) is 6.04 Å². The zero-order valence-corrected chi connectivity index (χ0v) is 9.20. The van der Waals surface area contributed by atoms with Crippen LogP contribution in [0.1, 0.15) is 11.1 Å². The maximum atomic E-state index is 13.0. The maximum absolute atomic E-state index is 13.0. The second kappa shape index (κ2) is 5.10. The topological polar surface area (TPSA) is 39.2 Å². The Kier molecular flexibility index (Phi) is 3.54. The van der Waals surface area contributed by atoms with Gasteiger partial charge in [-0.2, -0.15) is 0 Å². The van der Waals surface area contributed by atoms with Crippen molar-refractivity contribution in [3.8, 4) is 0 Å². The summed E-state index contributed by atoms with van der Waals surface area (Å²) >= 11 is 0. The Morgan fingerprint density at radius 1 is 1.06 bits per heavy atom. The molecular weight excluding hydrogens is 224 g/mol. The second-order valence-electron chi connectivity index (χ2n) is 4.08. The number of rotatable bonds is 4. The van der Waals surface area contributed by atoms with E-state index in [4.69, 9.17) is 10.2 Å². The van der Waals surface area contributed by atoms with Gasteiger partial charge in [0.15, 0.2) is 0 Å². The Morgan fingerprint density at radius 3 is 2.29 bits per heavy atom. The molecule has 17 heavy (non-hydrogen) atoms. The Bertz CT molecular complexity index is 462. The van der Waals surface area contributed by atoms with Crippen molar-refractivity contribution in [2.24, 2.45) is 5.73 Å². The van der Waals surface area contributed by atoms with Crippen LogP contribution in [0.15, 0.2) is 41.2 Å². The molecule has 0 saturated carbocycles. The lowest BCUT2D eigenvalue weighted by Gasteiger charge is -2.10. The van der Waals surface area contributed by atoms with Gasteiger partial charge >= 0.3 is 0 Å². The third kappa shape index (κ3) is 3.39. The van der Waals surface area contributed by atoms with Gasteiger partial charge in [-0.1, -0.05) is 0 Å². The van der Waals surface area contributed by atoms with Crippen LogP contribution in [0.2, 0.25) is 0 Å². The van der Waals surface area contributed by atoms with E-state index in [2.05, 4.69) is 0 Å². The lowest BCUT2D eigenvalue weighted by atomic mass is 10.0. The normalized spacial score (nSPS) is 12.6. The summed E-state index contributed by atoms with van der Waals surface area (Å²) in [5.41, 5.74) is 7.46. The summed E-state index contributed by atoms with van der Waals surface area (Å²) < 4.78 is 30.8. The number of furan rings is 1. The molecule has 0 spiro atoms. The van der Waals surface area contributed by atoms with Crippen LogP contribution in [0, 0.1) is 11.6 Å². The van der Waals surface area contributed by atoms with Crippen molar-refractivity contribution in [1.82, 2.24) is 0 Å². The summed E-state index contributed by atoms with van der Waals surface area (Å²) in [6.45, 7) is 0. The van der Waals surface area contributed by atoms with E-state index in [-0.39, 0.29) is 6.04 Å². The lowest BCUT2D eigenvalue weighted by Crippen LogP contribution is -2.25. The molecule has 1 atom stereocenters. The van der Waals surface area contributed by atoms with E-state index in [1.165, 1.54) is 12.1 Å². The van der Waals surface area contributed by atoms with Gasteiger partial charge in [-0.15, -0.1) is 0 Å². The summed E-state index contributed by atoms with van der Waals surface area (Å²) in [6, 6.07) is 5.10. The molecule has 1 aromatic heterocycles. The van der Waals surface area contributed by atoms with Gasteiger partial charge in [0.1, 0.15) is 11.6 Å². The molecule has 2 N–H and O–H groups in total. The lowest BCUT2D eigenvalue weighted by molar-refractivity contribution is 0.558. The summed E-state index contributed by atoms with van der Waals surface area (Å²) in [5, 5.41) is 0. The van der Waals surface area contributed by atoms with Crippen LogP contribution in [-0.2, 0) is 12.8 Å². The molecule has 2 nitrogen and oxygen atoms in total. The van der Waals surface area contributed by atoms with Gasteiger partial charge in [0, 0.05) is 12.1 Å². The molecule has 1 unspecified atom stereocenters. The van der Waals surface area contributed by atoms with Gasteiger partial charge in [-0.3, -0.25) is 0 Å². The average Bonchev–Trinajstić information content (AvgIpc) is 2.67. The van der Waals surface area contributed by atoms with Gasteiger partial charge in [0.2, 0.25) is 0 Å². The molecule has 0 radical (unpaired) electrons. The number of halogens is 2. The van der Waals surface area contributed by atoms with Gasteiger partial charge < -0.3 is 10.2 Å². The highest BCUT2D eigenvalue weighted by atomic mass is 19.1. The van der Waals surface area contributed by atoms with E-state index >= 15 is 0 Å². The van der Waals surface area contributed by atoms with E-state index in [9.17, 15) is 8.78 Å². The fourth-order valence-electron chi connectivity index (χ4n) is 1.82. The molecule has 0 fully saturated rings. The molecule has 0 amide bonds. The number of hydrogen-bond donors (Lipinski definition) is 1.